The van der Waals surface area contributed by atoms with Crippen LogP contribution in [0.25, 0.3) is 0 Å². The van der Waals surface area contributed by atoms with Crippen molar-refractivity contribution in [2.24, 2.45) is 0 Å². The number of nitro benzene ring substituents is 1. The quantitative estimate of drug-likeness (QED) is 0.447. The fourth-order valence-electron chi connectivity index (χ4n) is 1.77. The van der Waals surface area contributed by atoms with Crippen LogP contribution >= 0.6 is 34.2 Å². The van der Waals surface area contributed by atoms with Gasteiger partial charge in [0.1, 0.15) is 5.82 Å². The molecule has 1 aromatic carbocycles. The van der Waals surface area contributed by atoms with Gasteiger partial charge in [-0.05, 0) is 41.6 Å². The molecule has 1 heterocycles. The molecule has 0 saturated heterocycles. The van der Waals surface area contributed by atoms with Crippen LogP contribution in [-0.2, 0) is 6.54 Å². The predicted octanol–water partition coefficient (Wildman–Crippen LogP) is 2.77. The normalized spacial score (nSPS) is 10.6. The summed E-state index contributed by atoms with van der Waals surface area (Å²) in [4.78, 5) is 26.7. The number of aryl methyl sites for hydroxylation is 1. The topological polar surface area (TPSA) is 78.0 Å². The molecule has 0 radical (unpaired) electrons. The van der Waals surface area contributed by atoms with Gasteiger partial charge in [-0.2, -0.15) is 0 Å². The summed E-state index contributed by atoms with van der Waals surface area (Å²) in [5.41, 5.74) is 0.0726. The van der Waals surface area contributed by atoms with E-state index in [1.807, 2.05) is 22.6 Å². The SMILES string of the molecule is Cc1ncc(I)c(=O)n1Cc1cc(Cl)ccc1[N+](=O)[O-]. The van der Waals surface area contributed by atoms with Crippen molar-refractivity contribution in [2.45, 2.75) is 13.5 Å². The minimum atomic E-state index is -0.493. The standard InChI is InChI=1S/C12H9ClIN3O3/c1-7-15-5-10(14)12(18)16(7)6-8-4-9(13)2-3-11(8)17(19)20/h2-5H,6H2,1H3. The third kappa shape index (κ3) is 2.98. The van der Waals surface area contributed by atoms with Crippen molar-refractivity contribution in [1.29, 1.82) is 0 Å². The second kappa shape index (κ2) is 5.88. The summed E-state index contributed by atoms with van der Waals surface area (Å²) >= 11 is 7.75. The molecule has 2 rings (SSSR count). The first-order valence-electron chi connectivity index (χ1n) is 5.55. The second-order valence-corrected chi connectivity index (χ2v) is 5.67. The molecule has 0 aliphatic heterocycles. The molecule has 0 amide bonds. The average molecular weight is 406 g/mol. The van der Waals surface area contributed by atoms with E-state index in [2.05, 4.69) is 4.98 Å². The first kappa shape index (κ1) is 14.9. The number of rotatable bonds is 3. The van der Waals surface area contributed by atoms with Gasteiger partial charge in [0, 0.05) is 17.3 Å². The summed E-state index contributed by atoms with van der Waals surface area (Å²) in [6.45, 7) is 1.74. The maximum Gasteiger partial charge on any atom is 0.274 e. The third-order valence-electron chi connectivity index (χ3n) is 2.77. The molecule has 6 nitrogen and oxygen atoms in total. The van der Waals surface area contributed by atoms with E-state index in [4.69, 9.17) is 11.6 Å². The van der Waals surface area contributed by atoms with Gasteiger partial charge in [-0.3, -0.25) is 19.5 Å². The minimum Gasteiger partial charge on any atom is -0.291 e. The molecule has 0 atom stereocenters. The fraction of sp³-hybridized carbons (Fsp3) is 0.167. The zero-order valence-corrected chi connectivity index (χ0v) is 13.3. The molecule has 20 heavy (non-hydrogen) atoms. The van der Waals surface area contributed by atoms with Crippen LogP contribution in [0.15, 0.2) is 29.2 Å². The van der Waals surface area contributed by atoms with Gasteiger partial charge in [-0.1, -0.05) is 11.6 Å². The monoisotopic (exact) mass is 405 g/mol. The summed E-state index contributed by atoms with van der Waals surface area (Å²) in [5.74, 6) is 0.490. The zero-order chi connectivity index (χ0) is 14.9. The van der Waals surface area contributed by atoms with Crippen LogP contribution < -0.4 is 5.56 Å². The van der Waals surface area contributed by atoms with E-state index in [-0.39, 0.29) is 17.8 Å². The molecular weight excluding hydrogens is 397 g/mol. The number of halogens is 2. The van der Waals surface area contributed by atoms with E-state index in [0.29, 0.717) is 20.0 Å². The van der Waals surface area contributed by atoms with E-state index >= 15 is 0 Å². The summed E-state index contributed by atoms with van der Waals surface area (Å²) in [7, 11) is 0. The summed E-state index contributed by atoms with van der Waals surface area (Å²) in [6, 6.07) is 4.27. The van der Waals surface area contributed by atoms with Crippen molar-refractivity contribution in [3.05, 3.63) is 64.8 Å². The maximum atomic E-state index is 12.1. The zero-order valence-electron chi connectivity index (χ0n) is 10.3. The Morgan fingerprint density at radius 3 is 2.85 bits per heavy atom. The summed E-state index contributed by atoms with van der Waals surface area (Å²) in [5, 5.41) is 11.4. The van der Waals surface area contributed by atoms with Gasteiger partial charge < -0.3 is 0 Å². The highest BCUT2D eigenvalue weighted by molar-refractivity contribution is 14.1. The van der Waals surface area contributed by atoms with E-state index in [1.165, 1.54) is 29.0 Å². The molecular formula is C12H9ClIN3O3. The van der Waals surface area contributed by atoms with Gasteiger partial charge in [0.2, 0.25) is 0 Å². The lowest BCUT2D eigenvalue weighted by Gasteiger charge is -2.10. The lowest BCUT2D eigenvalue weighted by molar-refractivity contribution is -0.385. The highest BCUT2D eigenvalue weighted by Gasteiger charge is 2.16. The van der Waals surface area contributed by atoms with Crippen LogP contribution in [-0.4, -0.2) is 14.5 Å². The molecule has 0 aliphatic carbocycles. The van der Waals surface area contributed by atoms with Gasteiger partial charge in [0.25, 0.3) is 11.2 Å². The van der Waals surface area contributed by atoms with Gasteiger partial charge in [-0.15, -0.1) is 0 Å². The van der Waals surface area contributed by atoms with Crippen molar-refractivity contribution in [3.63, 3.8) is 0 Å². The van der Waals surface area contributed by atoms with Crippen molar-refractivity contribution in [1.82, 2.24) is 9.55 Å². The van der Waals surface area contributed by atoms with Crippen LogP contribution in [0.5, 0.6) is 0 Å². The van der Waals surface area contributed by atoms with E-state index in [9.17, 15) is 14.9 Å². The van der Waals surface area contributed by atoms with Crippen molar-refractivity contribution in [3.8, 4) is 0 Å². The fourth-order valence-corrected chi connectivity index (χ4v) is 2.39. The minimum absolute atomic E-state index is 0.0609. The lowest BCUT2D eigenvalue weighted by atomic mass is 10.2. The Morgan fingerprint density at radius 2 is 2.20 bits per heavy atom. The van der Waals surface area contributed by atoms with Crippen LogP contribution in [0.3, 0.4) is 0 Å². The molecule has 0 spiro atoms. The van der Waals surface area contributed by atoms with E-state index < -0.39 is 4.92 Å². The van der Waals surface area contributed by atoms with Crippen LogP contribution in [0, 0.1) is 20.6 Å². The first-order chi connectivity index (χ1) is 9.40. The molecule has 8 heteroatoms. The van der Waals surface area contributed by atoms with Gasteiger partial charge in [0.15, 0.2) is 0 Å². The second-order valence-electron chi connectivity index (χ2n) is 4.07. The Kier molecular flexibility index (Phi) is 4.39. The van der Waals surface area contributed by atoms with Crippen LogP contribution in [0.4, 0.5) is 5.69 Å². The van der Waals surface area contributed by atoms with E-state index in [0.717, 1.165) is 0 Å². The van der Waals surface area contributed by atoms with Gasteiger partial charge in [-0.25, -0.2) is 4.98 Å². The number of benzene rings is 1. The molecule has 104 valence electrons. The number of nitrogens with zero attached hydrogens (tertiary/aromatic N) is 3. The molecule has 1 aromatic heterocycles. The maximum absolute atomic E-state index is 12.1. The van der Waals surface area contributed by atoms with Crippen LogP contribution in [0.1, 0.15) is 11.4 Å². The van der Waals surface area contributed by atoms with E-state index in [1.54, 1.807) is 6.92 Å². The molecule has 0 N–H and O–H groups in total. The van der Waals surface area contributed by atoms with Crippen molar-refractivity contribution < 1.29 is 4.92 Å². The highest BCUT2D eigenvalue weighted by Crippen LogP contribution is 2.23. The first-order valence-corrected chi connectivity index (χ1v) is 7.00. The largest absolute Gasteiger partial charge is 0.291 e. The Hall–Kier alpha value is -1.48. The summed E-state index contributed by atoms with van der Waals surface area (Å²) < 4.78 is 1.85. The van der Waals surface area contributed by atoms with Crippen molar-refractivity contribution >= 4 is 39.9 Å². The number of hydrogen-bond donors (Lipinski definition) is 0. The summed E-state index contributed by atoms with van der Waals surface area (Å²) in [6.07, 6.45) is 1.47. The molecule has 0 unspecified atom stereocenters. The lowest BCUT2D eigenvalue weighted by Crippen LogP contribution is -2.26. The molecule has 0 saturated carbocycles. The Labute approximate surface area is 132 Å². The molecule has 0 fully saturated rings. The van der Waals surface area contributed by atoms with Gasteiger partial charge in [0.05, 0.1) is 20.6 Å². The average Bonchev–Trinajstić information content (AvgIpc) is 2.39. The predicted molar refractivity (Wildman–Crippen MR) is 83.2 cm³/mol. The number of aromatic nitrogens is 2. The smallest absolute Gasteiger partial charge is 0.274 e. The van der Waals surface area contributed by atoms with Crippen molar-refractivity contribution in [2.75, 3.05) is 0 Å². The third-order valence-corrected chi connectivity index (χ3v) is 3.75. The number of hydrogen-bond acceptors (Lipinski definition) is 4. The Balaban J connectivity index is 2.56. The molecule has 2 aromatic rings. The molecule has 0 aliphatic rings. The number of nitro groups is 1. The Morgan fingerprint density at radius 1 is 1.50 bits per heavy atom. The molecule has 0 bridgehead atoms. The highest BCUT2D eigenvalue weighted by atomic mass is 127. The Bertz CT molecular complexity index is 745. The van der Waals surface area contributed by atoms with Gasteiger partial charge >= 0.3 is 0 Å². The van der Waals surface area contributed by atoms with Crippen LogP contribution in [0.2, 0.25) is 5.02 Å².